The van der Waals surface area contributed by atoms with Crippen molar-refractivity contribution in [3.05, 3.63) is 41.4 Å². The van der Waals surface area contributed by atoms with Crippen LogP contribution in [-0.2, 0) is 16.0 Å². The number of nitrogens with one attached hydrogen (secondary N) is 1. The molecule has 0 aliphatic carbocycles. The van der Waals surface area contributed by atoms with Crippen LogP contribution in [0.25, 0.3) is 0 Å². The third-order valence-corrected chi connectivity index (χ3v) is 4.89. The molecular weight excluding hydrogens is 310 g/mol. The van der Waals surface area contributed by atoms with Crippen LogP contribution in [-0.4, -0.2) is 37.2 Å². The molecule has 2 aromatic rings. The van der Waals surface area contributed by atoms with Crippen LogP contribution in [0.3, 0.4) is 0 Å². The summed E-state index contributed by atoms with van der Waals surface area (Å²) in [5.41, 5.74) is 2.04. The molecule has 23 heavy (non-hydrogen) atoms. The molecule has 0 amide bonds. The van der Waals surface area contributed by atoms with Crippen LogP contribution in [0.15, 0.2) is 35.8 Å². The summed E-state index contributed by atoms with van der Waals surface area (Å²) >= 11 is 1.70. The highest BCUT2D eigenvalue weighted by atomic mass is 32.1. The Morgan fingerprint density at radius 1 is 1.43 bits per heavy atom. The van der Waals surface area contributed by atoms with Crippen molar-refractivity contribution in [3.63, 3.8) is 0 Å². The molecule has 3 rings (SSSR count). The van der Waals surface area contributed by atoms with Crippen LogP contribution in [0.5, 0.6) is 0 Å². The lowest BCUT2D eigenvalue weighted by atomic mass is 10.0. The zero-order valence-corrected chi connectivity index (χ0v) is 14.0. The maximum atomic E-state index is 11.4. The van der Waals surface area contributed by atoms with Gasteiger partial charge in [-0.3, -0.25) is 4.79 Å². The predicted octanol–water partition coefficient (Wildman–Crippen LogP) is 2.94. The number of carbonyl (C=O) groups excluding carboxylic acids is 1. The van der Waals surface area contributed by atoms with Crippen molar-refractivity contribution in [2.24, 2.45) is 0 Å². The molecule has 0 unspecified atom stereocenters. The quantitative estimate of drug-likeness (QED) is 0.854. The molecule has 0 bridgehead atoms. The number of ether oxygens (including phenoxy) is 1. The van der Waals surface area contributed by atoms with Gasteiger partial charge in [0.1, 0.15) is 0 Å². The van der Waals surface area contributed by atoms with Gasteiger partial charge in [-0.2, -0.15) is 0 Å². The maximum Gasteiger partial charge on any atom is 0.309 e. The first-order valence-corrected chi connectivity index (χ1v) is 8.69. The molecular formula is C17H21N3O2S. The number of thiazole rings is 1. The van der Waals surface area contributed by atoms with Gasteiger partial charge in [-0.1, -0.05) is 12.1 Å². The molecule has 1 saturated heterocycles. The lowest BCUT2D eigenvalue weighted by molar-refractivity contribution is -0.139. The minimum atomic E-state index is -0.209. The van der Waals surface area contributed by atoms with E-state index in [2.05, 4.69) is 15.2 Å². The highest BCUT2D eigenvalue weighted by Gasteiger charge is 2.20. The Hall–Kier alpha value is -2.08. The summed E-state index contributed by atoms with van der Waals surface area (Å²) in [7, 11) is 1.42. The number of methoxy groups -OCH3 is 1. The molecule has 1 aromatic carbocycles. The Kier molecular flexibility index (Phi) is 5.12. The van der Waals surface area contributed by atoms with Crippen LogP contribution < -0.4 is 10.2 Å². The number of carbonyl (C=O) groups is 1. The molecule has 0 saturated carbocycles. The fourth-order valence-corrected chi connectivity index (χ4v) is 3.53. The van der Waals surface area contributed by atoms with E-state index in [0.29, 0.717) is 12.5 Å². The average Bonchev–Trinajstić information content (AvgIpc) is 3.10. The number of piperidine rings is 1. The largest absolute Gasteiger partial charge is 0.469 e. The Morgan fingerprint density at radius 3 is 2.96 bits per heavy atom. The first kappa shape index (κ1) is 15.8. The molecule has 122 valence electrons. The summed E-state index contributed by atoms with van der Waals surface area (Å²) in [6.45, 7) is 2.04. The first-order valence-electron chi connectivity index (χ1n) is 7.81. The molecule has 0 spiro atoms. The summed E-state index contributed by atoms with van der Waals surface area (Å²) in [5, 5.41) is 6.72. The Labute approximate surface area is 140 Å². The van der Waals surface area contributed by atoms with Gasteiger partial charge in [0.25, 0.3) is 0 Å². The van der Waals surface area contributed by atoms with Crippen LogP contribution in [0.2, 0.25) is 0 Å². The van der Waals surface area contributed by atoms with Gasteiger partial charge in [0.2, 0.25) is 0 Å². The van der Waals surface area contributed by atoms with Gasteiger partial charge in [-0.05, 0) is 30.5 Å². The minimum absolute atomic E-state index is 0.209. The second-order valence-electron chi connectivity index (χ2n) is 5.67. The van der Waals surface area contributed by atoms with Crippen molar-refractivity contribution < 1.29 is 9.53 Å². The zero-order valence-electron chi connectivity index (χ0n) is 13.2. The fraction of sp³-hybridized carbons (Fsp3) is 0.412. The maximum absolute atomic E-state index is 11.4. The summed E-state index contributed by atoms with van der Waals surface area (Å²) in [4.78, 5) is 18.1. The van der Waals surface area contributed by atoms with E-state index < -0.39 is 0 Å². The molecule has 1 aliphatic heterocycles. The predicted molar refractivity (Wildman–Crippen MR) is 93.1 cm³/mol. The fourth-order valence-electron chi connectivity index (χ4n) is 2.83. The van der Waals surface area contributed by atoms with Crippen molar-refractivity contribution >= 4 is 28.1 Å². The van der Waals surface area contributed by atoms with Gasteiger partial charge >= 0.3 is 5.97 Å². The Balaban J connectivity index is 1.54. The summed E-state index contributed by atoms with van der Waals surface area (Å²) < 4.78 is 4.72. The minimum Gasteiger partial charge on any atom is -0.469 e. The summed E-state index contributed by atoms with van der Waals surface area (Å²) in [5.74, 6) is -0.209. The van der Waals surface area contributed by atoms with Gasteiger partial charge in [-0.15, -0.1) is 11.3 Å². The first-order chi connectivity index (χ1) is 11.2. The van der Waals surface area contributed by atoms with Crippen LogP contribution in [0.4, 0.5) is 10.8 Å². The molecule has 2 heterocycles. The van der Waals surface area contributed by atoms with Gasteiger partial charge in [-0.25, -0.2) is 4.98 Å². The molecule has 0 atom stereocenters. The van der Waals surface area contributed by atoms with Crippen molar-refractivity contribution in [3.8, 4) is 0 Å². The van der Waals surface area contributed by atoms with E-state index in [4.69, 9.17) is 4.74 Å². The lowest BCUT2D eigenvalue weighted by Gasteiger charge is -2.32. The van der Waals surface area contributed by atoms with Crippen molar-refractivity contribution in [2.75, 3.05) is 30.4 Å². The van der Waals surface area contributed by atoms with Gasteiger partial charge < -0.3 is 15.0 Å². The van der Waals surface area contributed by atoms with E-state index in [1.54, 1.807) is 11.3 Å². The van der Waals surface area contributed by atoms with Crippen molar-refractivity contribution in [1.29, 1.82) is 0 Å². The number of hydrogen-bond acceptors (Lipinski definition) is 6. The van der Waals surface area contributed by atoms with E-state index in [1.807, 2.05) is 35.8 Å². The van der Waals surface area contributed by atoms with E-state index in [1.165, 1.54) is 7.11 Å². The van der Waals surface area contributed by atoms with Crippen LogP contribution in [0.1, 0.15) is 18.4 Å². The number of anilines is 2. The number of rotatable bonds is 5. The Bertz CT molecular complexity index is 637. The van der Waals surface area contributed by atoms with Crippen LogP contribution in [0, 0.1) is 0 Å². The zero-order chi connectivity index (χ0) is 16.1. The number of benzene rings is 1. The molecule has 5 nitrogen and oxygen atoms in total. The second kappa shape index (κ2) is 7.46. The number of esters is 1. The highest BCUT2D eigenvalue weighted by molar-refractivity contribution is 7.13. The van der Waals surface area contributed by atoms with Gasteiger partial charge in [0, 0.05) is 36.4 Å². The van der Waals surface area contributed by atoms with Crippen molar-refractivity contribution in [1.82, 2.24) is 4.98 Å². The van der Waals surface area contributed by atoms with E-state index in [9.17, 15) is 4.79 Å². The average molecular weight is 331 g/mol. The molecule has 0 radical (unpaired) electrons. The summed E-state index contributed by atoms with van der Waals surface area (Å²) in [6, 6.07) is 8.47. The van der Waals surface area contributed by atoms with Gasteiger partial charge in [0.15, 0.2) is 5.13 Å². The molecule has 1 aliphatic rings. The topological polar surface area (TPSA) is 54.5 Å². The normalized spacial score (nSPS) is 15.4. The third kappa shape index (κ3) is 4.22. The van der Waals surface area contributed by atoms with E-state index in [0.717, 1.165) is 42.3 Å². The monoisotopic (exact) mass is 331 g/mol. The SMILES string of the molecule is COC(=O)Cc1cccc(NC2CCN(c3nccs3)CC2)c1. The van der Waals surface area contributed by atoms with Crippen LogP contribution >= 0.6 is 11.3 Å². The number of nitrogens with zero attached hydrogens (tertiary/aromatic N) is 2. The molecule has 1 N–H and O–H groups in total. The van der Waals surface area contributed by atoms with Crippen molar-refractivity contribution in [2.45, 2.75) is 25.3 Å². The lowest BCUT2D eigenvalue weighted by Crippen LogP contribution is -2.39. The number of aromatic nitrogens is 1. The van der Waals surface area contributed by atoms with E-state index in [-0.39, 0.29) is 5.97 Å². The standard InChI is InChI=1S/C17H21N3O2S/c1-22-16(21)12-13-3-2-4-15(11-13)19-14-5-8-20(9-6-14)17-18-7-10-23-17/h2-4,7,10-11,14,19H,5-6,8-9,12H2,1H3. The van der Waals surface area contributed by atoms with Gasteiger partial charge in [0.05, 0.1) is 13.5 Å². The molecule has 1 aromatic heterocycles. The highest BCUT2D eigenvalue weighted by Crippen LogP contribution is 2.24. The smallest absolute Gasteiger partial charge is 0.309 e. The number of hydrogen-bond donors (Lipinski definition) is 1. The third-order valence-electron chi connectivity index (χ3n) is 4.06. The summed E-state index contributed by atoms with van der Waals surface area (Å²) in [6.07, 6.45) is 4.34. The molecule has 1 fully saturated rings. The molecule has 6 heteroatoms. The second-order valence-corrected chi connectivity index (χ2v) is 6.55. The van der Waals surface area contributed by atoms with E-state index >= 15 is 0 Å². The Morgan fingerprint density at radius 2 is 2.26 bits per heavy atom.